The molecule has 0 aliphatic heterocycles. The third-order valence-corrected chi connectivity index (χ3v) is 9.15. The van der Waals surface area contributed by atoms with Crippen LogP contribution in [0.1, 0.15) is 108 Å². The molecule has 0 fully saturated rings. The third-order valence-electron chi connectivity index (χ3n) is 9.15. The second-order valence-corrected chi connectivity index (χ2v) is 13.9. The van der Waals surface area contributed by atoms with Crippen LogP contribution in [0.3, 0.4) is 0 Å². The number of nitrogens with one attached hydrogen (secondary N) is 1. The molecule has 280 valence electrons. The van der Waals surface area contributed by atoms with Gasteiger partial charge in [-0.25, -0.2) is 0 Å². The second kappa shape index (κ2) is 24.2. The van der Waals surface area contributed by atoms with Crippen molar-refractivity contribution in [2.75, 3.05) is 19.8 Å². The fraction of sp³-hybridized carbons (Fsp3) is 0.585. The summed E-state index contributed by atoms with van der Waals surface area (Å²) in [6.07, 6.45) is 11.8. The van der Waals surface area contributed by atoms with Gasteiger partial charge in [-0.3, -0.25) is 4.79 Å². The van der Waals surface area contributed by atoms with Gasteiger partial charge in [0.15, 0.2) is 0 Å². The third kappa shape index (κ3) is 17.7. The van der Waals surface area contributed by atoms with E-state index in [0.29, 0.717) is 32.1 Å². The first-order valence-corrected chi connectivity index (χ1v) is 18.5. The Hall–Kier alpha value is -3.05. The Morgan fingerprint density at radius 1 is 0.900 bits per heavy atom. The molecule has 4 atom stereocenters. The molecular formula is C41H63NO8. The van der Waals surface area contributed by atoms with Gasteiger partial charge in [0.1, 0.15) is 5.75 Å². The number of hydrogen-bond donors (Lipinski definition) is 8. The fourth-order valence-corrected chi connectivity index (χ4v) is 6.35. The molecule has 0 amide bonds. The highest BCUT2D eigenvalue weighted by Gasteiger charge is 2.27. The van der Waals surface area contributed by atoms with Crippen molar-refractivity contribution >= 4 is 5.97 Å². The molecule has 0 radical (unpaired) electrons. The van der Waals surface area contributed by atoms with Gasteiger partial charge < -0.3 is 41.1 Å². The van der Waals surface area contributed by atoms with Crippen LogP contribution in [-0.2, 0) is 24.1 Å². The summed E-state index contributed by atoms with van der Waals surface area (Å²) in [5.41, 5.74) is 3.41. The minimum atomic E-state index is -1.21. The quantitative estimate of drug-likeness (QED) is 0.0426. The number of phenolic OH excluding ortho intramolecular Hbond substituents is 1. The molecule has 0 aromatic heterocycles. The lowest BCUT2D eigenvalue weighted by Crippen LogP contribution is -2.45. The molecule has 0 aliphatic carbocycles. The Bertz CT molecular complexity index is 1290. The summed E-state index contributed by atoms with van der Waals surface area (Å²) >= 11 is 0. The van der Waals surface area contributed by atoms with Crippen molar-refractivity contribution in [3.63, 3.8) is 0 Å². The topological polar surface area (TPSA) is 171 Å². The number of carbonyl (C=O) groups is 1. The normalized spacial score (nSPS) is 15.4. The maximum absolute atomic E-state index is 11.7. The number of aliphatic carboxylic acids is 1. The van der Waals surface area contributed by atoms with Crippen LogP contribution in [0.15, 0.2) is 71.8 Å². The molecule has 0 heterocycles. The Morgan fingerprint density at radius 2 is 1.62 bits per heavy atom. The van der Waals surface area contributed by atoms with Gasteiger partial charge in [0.05, 0.1) is 24.4 Å². The number of hydrogen-bond acceptors (Lipinski definition) is 8. The zero-order valence-corrected chi connectivity index (χ0v) is 30.3. The molecule has 0 saturated heterocycles. The summed E-state index contributed by atoms with van der Waals surface area (Å²) in [6.45, 7) is 3.57. The van der Waals surface area contributed by atoms with Crippen molar-refractivity contribution in [3.8, 4) is 5.75 Å². The van der Waals surface area contributed by atoms with Gasteiger partial charge in [0, 0.05) is 32.0 Å². The first-order chi connectivity index (χ1) is 24.0. The van der Waals surface area contributed by atoms with Crippen molar-refractivity contribution < 1.29 is 40.5 Å². The molecule has 0 bridgehead atoms. The summed E-state index contributed by atoms with van der Waals surface area (Å²) in [7, 11) is 0. The zero-order valence-electron chi connectivity index (χ0n) is 30.3. The smallest absolute Gasteiger partial charge is 0.303 e. The molecule has 0 unspecified atom stereocenters. The van der Waals surface area contributed by atoms with E-state index in [1.807, 2.05) is 30.4 Å². The van der Waals surface area contributed by atoms with E-state index in [2.05, 4.69) is 24.4 Å². The molecule has 0 aliphatic rings. The van der Waals surface area contributed by atoms with Gasteiger partial charge in [-0.1, -0.05) is 94.0 Å². The highest BCUT2D eigenvalue weighted by Crippen LogP contribution is 2.27. The maximum Gasteiger partial charge on any atom is 0.303 e. The highest BCUT2D eigenvalue weighted by atomic mass is 16.4. The van der Waals surface area contributed by atoms with E-state index in [0.717, 1.165) is 72.8 Å². The average molecular weight is 698 g/mol. The molecule has 2 rings (SSSR count). The number of rotatable bonds is 27. The monoisotopic (exact) mass is 697 g/mol. The molecule has 0 spiro atoms. The van der Waals surface area contributed by atoms with E-state index in [1.165, 1.54) is 0 Å². The van der Waals surface area contributed by atoms with E-state index in [9.17, 15) is 35.4 Å². The second-order valence-electron chi connectivity index (χ2n) is 13.9. The maximum atomic E-state index is 11.7. The number of aliphatic hydroxyl groups is 5. The number of aryl methyl sites for hydroxylation is 1. The number of benzene rings is 2. The number of carboxylic acids is 1. The highest BCUT2D eigenvalue weighted by molar-refractivity contribution is 5.66. The number of aliphatic hydroxyl groups excluding tert-OH is 4. The first kappa shape index (κ1) is 43.1. The van der Waals surface area contributed by atoms with E-state index in [4.69, 9.17) is 5.11 Å². The standard InChI is InChI=1S/C41H63NO8/c1-3-4-8-15-35(45)22-20-32(19-18-31-13-9-7-10-14-31)38(27-37(47)29-44)39(16-11-5-6-12-17-40(48)49)42-30-41(2,50)28-34-21-23-36(46)26-33(34)24-25-43/h7,9-10,13-14,20-23,26,35,37,39,42-47,50H,3-6,8,11-12,15-19,24-25,27-30H2,1-2H3,(H,48,49)/t35-,37-,39-,41-/m0/s1. The summed E-state index contributed by atoms with van der Waals surface area (Å²) < 4.78 is 0. The van der Waals surface area contributed by atoms with Crippen LogP contribution in [0.4, 0.5) is 0 Å². The Labute approximate surface area is 299 Å². The molecule has 9 heteroatoms. The molecule has 9 nitrogen and oxygen atoms in total. The molecule has 50 heavy (non-hydrogen) atoms. The summed E-state index contributed by atoms with van der Waals surface area (Å²) in [4.78, 5) is 11.0. The Morgan fingerprint density at radius 3 is 2.30 bits per heavy atom. The van der Waals surface area contributed by atoms with Crippen LogP contribution in [-0.4, -0.2) is 85.3 Å². The van der Waals surface area contributed by atoms with E-state index in [1.54, 1.807) is 25.1 Å². The van der Waals surface area contributed by atoms with E-state index < -0.39 is 30.4 Å². The fourth-order valence-electron chi connectivity index (χ4n) is 6.35. The lowest BCUT2D eigenvalue weighted by Gasteiger charge is -2.31. The summed E-state index contributed by atoms with van der Waals surface area (Å²) in [5.74, 6) is -0.709. The molecular weight excluding hydrogens is 634 g/mol. The average Bonchev–Trinajstić information content (AvgIpc) is 3.08. The van der Waals surface area contributed by atoms with Crippen molar-refractivity contribution in [1.82, 2.24) is 5.32 Å². The first-order valence-electron chi connectivity index (χ1n) is 18.5. The number of aromatic hydroxyl groups is 1. The largest absolute Gasteiger partial charge is 0.508 e. The lowest BCUT2D eigenvalue weighted by molar-refractivity contribution is -0.137. The summed E-state index contributed by atoms with van der Waals surface area (Å²) in [5, 5.41) is 75.5. The van der Waals surface area contributed by atoms with Crippen molar-refractivity contribution in [2.45, 2.75) is 134 Å². The van der Waals surface area contributed by atoms with Crippen molar-refractivity contribution in [2.24, 2.45) is 0 Å². The SMILES string of the molecule is CCCCC[C@H](O)C=CC(CCc1ccccc1)=C(C[C@H](O)CO)[C@H](CCCCCCC(=O)O)NC[C@@](C)(O)Cc1ccc(O)cc1CCO. The predicted molar refractivity (Wildman–Crippen MR) is 199 cm³/mol. The van der Waals surface area contributed by atoms with Gasteiger partial charge in [-0.05, 0) is 91.8 Å². The van der Waals surface area contributed by atoms with Crippen molar-refractivity contribution in [1.29, 1.82) is 0 Å². The predicted octanol–water partition coefficient (Wildman–Crippen LogP) is 5.77. The molecule has 2 aromatic carbocycles. The lowest BCUT2D eigenvalue weighted by atomic mass is 9.87. The van der Waals surface area contributed by atoms with Gasteiger partial charge in [0.2, 0.25) is 0 Å². The van der Waals surface area contributed by atoms with Gasteiger partial charge >= 0.3 is 5.97 Å². The van der Waals surface area contributed by atoms with Crippen LogP contribution < -0.4 is 5.32 Å². The van der Waals surface area contributed by atoms with Gasteiger partial charge in [-0.2, -0.15) is 0 Å². The van der Waals surface area contributed by atoms with Crippen LogP contribution >= 0.6 is 0 Å². The van der Waals surface area contributed by atoms with Crippen LogP contribution in [0.2, 0.25) is 0 Å². The number of allylic oxidation sites excluding steroid dienone is 2. The Kier molecular flexibility index (Phi) is 20.9. The molecule has 0 saturated carbocycles. The van der Waals surface area contributed by atoms with Crippen LogP contribution in [0.5, 0.6) is 5.75 Å². The minimum Gasteiger partial charge on any atom is -0.508 e. The van der Waals surface area contributed by atoms with E-state index in [-0.39, 0.29) is 44.2 Å². The zero-order chi connectivity index (χ0) is 36.8. The molecule has 8 N–H and O–H groups in total. The number of unbranched alkanes of at least 4 members (excludes halogenated alkanes) is 5. The number of phenols is 1. The number of carboxylic acid groups (broad SMARTS) is 1. The van der Waals surface area contributed by atoms with Crippen LogP contribution in [0.25, 0.3) is 0 Å². The summed E-state index contributed by atoms with van der Waals surface area (Å²) in [6, 6.07) is 14.8. The van der Waals surface area contributed by atoms with E-state index >= 15 is 0 Å². The Balaban J connectivity index is 2.48. The molecule has 2 aromatic rings. The van der Waals surface area contributed by atoms with Crippen LogP contribution in [0, 0.1) is 0 Å². The minimum absolute atomic E-state index is 0.0840. The van der Waals surface area contributed by atoms with Gasteiger partial charge in [0.25, 0.3) is 0 Å². The van der Waals surface area contributed by atoms with Crippen molar-refractivity contribution in [3.05, 3.63) is 88.5 Å². The van der Waals surface area contributed by atoms with Gasteiger partial charge in [-0.15, -0.1) is 0 Å².